The zero-order valence-electron chi connectivity index (χ0n) is 13.2. The summed E-state index contributed by atoms with van der Waals surface area (Å²) in [4.78, 5) is 35.0. The Bertz CT molecular complexity index is 545. The third-order valence-corrected chi connectivity index (χ3v) is 2.86. The fourth-order valence-corrected chi connectivity index (χ4v) is 1.66. The van der Waals surface area contributed by atoms with Gasteiger partial charge in [-0.3, -0.25) is 9.59 Å². The summed E-state index contributed by atoms with van der Waals surface area (Å²) >= 11 is 0. The molecule has 3 amide bonds. The second-order valence-electron chi connectivity index (χ2n) is 4.73. The van der Waals surface area contributed by atoms with E-state index in [1.54, 1.807) is 24.3 Å². The number of urea groups is 1. The molecule has 8 heteroatoms. The molecule has 1 aromatic carbocycles. The molecule has 0 bridgehead atoms. The third kappa shape index (κ3) is 7.16. The molecule has 0 heterocycles. The number of carboxylic acids is 1. The van der Waals surface area contributed by atoms with Gasteiger partial charge < -0.3 is 25.4 Å². The molecule has 0 fully saturated rings. The minimum atomic E-state index is -0.988. The number of benzene rings is 1. The number of carboxylic acid groups (broad SMARTS) is 1. The van der Waals surface area contributed by atoms with Crippen LogP contribution in [0.5, 0.6) is 5.75 Å². The second-order valence-corrected chi connectivity index (χ2v) is 4.73. The van der Waals surface area contributed by atoms with Crippen molar-refractivity contribution in [3.8, 4) is 5.75 Å². The lowest BCUT2D eigenvalue weighted by Gasteiger charge is -2.16. The van der Waals surface area contributed by atoms with Gasteiger partial charge in [0, 0.05) is 19.3 Å². The number of aliphatic carboxylic acids is 1. The van der Waals surface area contributed by atoms with Crippen molar-refractivity contribution in [3.05, 3.63) is 24.3 Å². The molecule has 0 unspecified atom stereocenters. The number of amides is 3. The number of hydrogen-bond donors (Lipinski definition) is 3. The van der Waals surface area contributed by atoms with E-state index in [1.807, 2.05) is 6.92 Å². The topological polar surface area (TPSA) is 108 Å². The number of carbonyl (C=O) groups excluding carboxylic acids is 2. The Balaban J connectivity index is 2.35. The molecule has 0 saturated heterocycles. The number of anilines is 1. The average Bonchev–Trinajstić information content (AvgIpc) is 2.52. The zero-order valence-corrected chi connectivity index (χ0v) is 13.2. The van der Waals surface area contributed by atoms with E-state index in [0.717, 1.165) is 0 Å². The van der Waals surface area contributed by atoms with Gasteiger partial charge in [-0.1, -0.05) is 0 Å². The number of nitrogens with one attached hydrogen (secondary N) is 2. The minimum absolute atomic E-state index is 0.0711. The van der Waals surface area contributed by atoms with Crippen molar-refractivity contribution in [2.24, 2.45) is 0 Å². The first-order valence-electron chi connectivity index (χ1n) is 7.15. The van der Waals surface area contributed by atoms with Gasteiger partial charge in [0.05, 0.1) is 19.6 Å². The maximum atomic E-state index is 11.7. The van der Waals surface area contributed by atoms with Gasteiger partial charge in [-0.25, -0.2) is 4.79 Å². The van der Waals surface area contributed by atoms with Gasteiger partial charge in [0.2, 0.25) is 5.91 Å². The summed E-state index contributed by atoms with van der Waals surface area (Å²) in [6.45, 7) is 2.31. The summed E-state index contributed by atoms with van der Waals surface area (Å²) in [6, 6.07) is 6.36. The Kier molecular flexibility index (Phi) is 7.38. The van der Waals surface area contributed by atoms with E-state index in [1.165, 1.54) is 11.9 Å². The molecule has 23 heavy (non-hydrogen) atoms. The van der Waals surface area contributed by atoms with E-state index < -0.39 is 12.0 Å². The molecule has 3 N–H and O–H groups in total. The number of nitrogens with zero attached hydrogens (tertiary/aromatic N) is 1. The van der Waals surface area contributed by atoms with Crippen LogP contribution in [0.4, 0.5) is 10.5 Å². The third-order valence-electron chi connectivity index (χ3n) is 2.86. The molecule has 0 aromatic heterocycles. The lowest BCUT2D eigenvalue weighted by molar-refractivity contribution is -0.137. The molecule has 0 aliphatic rings. The molecule has 0 radical (unpaired) electrons. The van der Waals surface area contributed by atoms with Crippen molar-refractivity contribution < 1.29 is 24.2 Å². The summed E-state index contributed by atoms with van der Waals surface area (Å²) < 4.78 is 5.29. The van der Waals surface area contributed by atoms with E-state index in [0.29, 0.717) is 18.0 Å². The van der Waals surface area contributed by atoms with Crippen LogP contribution in [0.1, 0.15) is 13.3 Å². The van der Waals surface area contributed by atoms with Gasteiger partial charge in [-0.15, -0.1) is 0 Å². The minimum Gasteiger partial charge on any atom is -0.494 e. The number of rotatable bonds is 8. The smallest absolute Gasteiger partial charge is 0.317 e. The number of ether oxygens (including phenoxy) is 1. The van der Waals surface area contributed by atoms with Crippen LogP contribution >= 0.6 is 0 Å². The standard InChI is InChI=1S/C15H21N3O5/c1-3-23-12-6-4-11(5-7-12)17-13(19)10-16-15(22)18(2)9-8-14(20)21/h4-7H,3,8-10H2,1-2H3,(H,16,22)(H,17,19)(H,20,21). The highest BCUT2D eigenvalue weighted by atomic mass is 16.5. The van der Waals surface area contributed by atoms with Gasteiger partial charge in [0.1, 0.15) is 5.75 Å². The normalized spacial score (nSPS) is 9.83. The summed E-state index contributed by atoms with van der Waals surface area (Å²) in [5.41, 5.74) is 0.590. The molecule has 0 aliphatic carbocycles. The van der Waals surface area contributed by atoms with Crippen LogP contribution in [0, 0.1) is 0 Å². The van der Waals surface area contributed by atoms with Crippen molar-refractivity contribution in [3.63, 3.8) is 0 Å². The van der Waals surface area contributed by atoms with Crippen LogP contribution in [0.2, 0.25) is 0 Å². The van der Waals surface area contributed by atoms with Gasteiger partial charge in [0.25, 0.3) is 0 Å². The largest absolute Gasteiger partial charge is 0.494 e. The van der Waals surface area contributed by atoms with Gasteiger partial charge in [-0.05, 0) is 31.2 Å². The molecular formula is C15H21N3O5. The van der Waals surface area contributed by atoms with Crippen LogP contribution in [0.3, 0.4) is 0 Å². The fourth-order valence-electron chi connectivity index (χ4n) is 1.66. The molecule has 126 valence electrons. The van der Waals surface area contributed by atoms with E-state index in [-0.39, 0.29) is 25.4 Å². The molecule has 8 nitrogen and oxygen atoms in total. The van der Waals surface area contributed by atoms with Gasteiger partial charge >= 0.3 is 12.0 Å². The lowest BCUT2D eigenvalue weighted by atomic mass is 10.3. The van der Waals surface area contributed by atoms with Crippen molar-refractivity contribution in [2.75, 3.05) is 32.1 Å². The van der Waals surface area contributed by atoms with Gasteiger partial charge in [0.15, 0.2) is 0 Å². The molecule has 0 saturated carbocycles. The fraction of sp³-hybridized carbons (Fsp3) is 0.400. The Hall–Kier alpha value is -2.77. The highest BCUT2D eigenvalue weighted by Crippen LogP contribution is 2.15. The highest BCUT2D eigenvalue weighted by Gasteiger charge is 2.11. The van der Waals surface area contributed by atoms with Crippen molar-refractivity contribution in [2.45, 2.75) is 13.3 Å². The van der Waals surface area contributed by atoms with Crippen molar-refractivity contribution in [1.82, 2.24) is 10.2 Å². The summed E-state index contributed by atoms with van der Waals surface area (Å²) in [7, 11) is 1.46. The van der Waals surface area contributed by atoms with E-state index in [2.05, 4.69) is 10.6 Å². The summed E-state index contributed by atoms with van der Waals surface area (Å²) in [5, 5.41) is 13.6. The Morgan fingerprint density at radius 1 is 1.22 bits per heavy atom. The van der Waals surface area contributed by atoms with Crippen molar-refractivity contribution in [1.29, 1.82) is 0 Å². The number of carbonyl (C=O) groups is 3. The Labute approximate surface area is 134 Å². The molecule has 0 aliphatic heterocycles. The van der Waals surface area contributed by atoms with E-state index >= 15 is 0 Å². The quantitative estimate of drug-likeness (QED) is 0.665. The molecule has 0 atom stereocenters. The molecule has 0 spiro atoms. The maximum absolute atomic E-state index is 11.7. The van der Waals surface area contributed by atoms with Crippen LogP contribution in [-0.2, 0) is 9.59 Å². The SMILES string of the molecule is CCOc1ccc(NC(=O)CNC(=O)N(C)CCC(=O)O)cc1. The van der Waals surface area contributed by atoms with E-state index in [9.17, 15) is 14.4 Å². The van der Waals surface area contributed by atoms with E-state index in [4.69, 9.17) is 9.84 Å². The number of hydrogen-bond acceptors (Lipinski definition) is 4. The zero-order chi connectivity index (χ0) is 17.2. The first kappa shape index (κ1) is 18.3. The predicted octanol–water partition coefficient (Wildman–Crippen LogP) is 1.14. The predicted molar refractivity (Wildman–Crippen MR) is 84.5 cm³/mol. The Morgan fingerprint density at radius 3 is 2.43 bits per heavy atom. The monoisotopic (exact) mass is 323 g/mol. The summed E-state index contributed by atoms with van der Waals surface area (Å²) in [5.74, 6) is -0.661. The van der Waals surface area contributed by atoms with Gasteiger partial charge in [-0.2, -0.15) is 0 Å². The Morgan fingerprint density at radius 2 is 1.87 bits per heavy atom. The van der Waals surface area contributed by atoms with Crippen molar-refractivity contribution >= 4 is 23.6 Å². The molecule has 1 rings (SSSR count). The highest BCUT2D eigenvalue weighted by molar-refractivity contribution is 5.94. The lowest BCUT2D eigenvalue weighted by Crippen LogP contribution is -2.41. The molecular weight excluding hydrogens is 302 g/mol. The van der Waals surface area contributed by atoms with Crippen LogP contribution in [0.25, 0.3) is 0 Å². The van der Waals surface area contributed by atoms with Crippen LogP contribution in [-0.4, -0.2) is 54.7 Å². The average molecular weight is 323 g/mol. The first-order valence-corrected chi connectivity index (χ1v) is 7.15. The second kappa shape index (κ2) is 9.29. The van der Waals surface area contributed by atoms with Crippen LogP contribution < -0.4 is 15.4 Å². The summed E-state index contributed by atoms with van der Waals surface area (Å²) in [6.07, 6.45) is -0.150. The first-order chi connectivity index (χ1) is 10.9. The maximum Gasteiger partial charge on any atom is 0.317 e. The van der Waals surface area contributed by atoms with Crippen LogP contribution in [0.15, 0.2) is 24.3 Å². The molecule has 1 aromatic rings.